The molecule has 0 bridgehead atoms. The summed E-state index contributed by atoms with van der Waals surface area (Å²) in [6.07, 6.45) is 0.708. The number of methoxy groups -OCH3 is 2. The molecule has 2 rings (SSSR count). The summed E-state index contributed by atoms with van der Waals surface area (Å²) in [5.41, 5.74) is 4.91. The minimum Gasteiger partial charge on any atom is -0.497 e. The van der Waals surface area contributed by atoms with Crippen molar-refractivity contribution in [2.24, 2.45) is 5.84 Å². The van der Waals surface area contributed by atoms with E-state index in [1.54, 1.807) is 14.2 Å². The molecule has 0 radical (unpaired) electrons. The van der Waals surface area contributed by atoms with Gasteiger partial charge >= 0.3 is 0 Å². The molecule has 0 saturated carbocycles. The van der Waals surface area contributed by atoms with Crippen molar-refractivity contribution < 1.29 is 9.47 Å². The lowest BCUT2D eigenvalue weighted by Gasteiger charge is -2.20. The highest BCUT2D eigenvalue weighted by Crippen LogP contribution is 2.31. The number of ether oxygens (including phenoxy) is 2. The maximum atomic E-state index is 6.02. The molecule has 0 aliphatic rings. The second-order valence-electron chi connectivity index (χ2n) is 4.66. The predicted octanol–water partition coefficient (Wildman–Crippen LogP) is 3.10. The highest BCUT2D eigenvalue weighted by atomic mass is 35.5. The van der Waals surface area contributed by atoms with Crippen LogP contribution in [-0.4, -0.2) is 14.2 Å². The van der Waals surface area contributed by atoms with E-state index in [4.69, 9.17) is 26.9 Å². The molecular weight excluding hydrogens is 288 g/mol. The maximum absolute atomic E-state index is 6.02. The van der Waals surface area contributed by atoms with E-state index in [1.165, 1.54) is 0 Å². The minimum absolute atomic E-state index is 0.0793. The molecule has 0 saturated heterocycles. The molecule has 0 aliphatic carbocycles. The lowest BCUT2D eigenvalue weighted by molar-refractivity contribution is 0.384. The van der Waals surface area contributed by atoms with Crippen molar-refractivity contribution in [1.29, 1.82) is 0 Å². The smallest absolute Gasteiger partial charge is 0.127 e. The first-order valence-electron chi connectivity index (χ1n) is 6.60. The van der Waals surface area contributed by atoms with Crippen molar-refractivity contribution in [2.45, 2.75) is 12.5 Å². The fourth-order valence-electron chi connectivity index (χ4n) is 2.26. The Morgan fingerprint density at radius 1 is 1.14 bits per heavy atom. The molecule has 21 heavy (non-hydrogen) atoms. The summed E-state index contributed by atoms with van der Waals surface area (Å²) >= 11 is 6.02. The molecule has 1 atom stereocenters. The van der Waals surface area contributed by atoms with Crippen LogP contribution in [0, 0.1) is 0 Å². The molecule has 0 heterocycles. The molecule has 0 spiro atoms. The Bertz CT molecular complexity index is 605. The van der Waals surface area contributed by atoms with Gasteiger partial charge in [-0.15, -0.1) is 0 Å². The molecule has 0 amide bonds. The van der Waals surface area contributed by atoms with Crippen LogP contribution in [-0.2, 0) is 6.42 Å². The van der Waals surface area contributed by atoms with Crippen molar-refractivity contribution in [3.8, 4) is 11.5 Å². The van der Waals surface area contributed by atoms with Gasteiger partial charge in [0.2, 0.25) is 0 Å². The molecule has 2 aromatic carbocycles. The topological polar surface area (TPSA) is 56.5 Å². The van der Waals surface area contributed by atoms with Crippen molar-refractivity contribution in [2.75, 3.05) is 14.2 Å². The molecule has 3 N–H and O–H groups in total. The first-order chi connectivity index (χ1) is 10.2. The minimum atomic E-state index is -0.0793. The largest absolute Gasteiger partial charge is 0.497 e. The van der Waals surface area contributed by atoms with E-state index in [-0.39, 0.29) is 6.04 Å². The lowest BCUT2D eigenvalue weighted by Crippen LogP contribution is -2.29. The van der Waals surface area contributed by atoms with E-state index in [1.807, 2.05) is 42.5 Å². The molecule has 5 heteroatoms. The summed E-state index contributed by atoms with van der Waals surface area (Å²) in [4.78, 5) is 0. The Kier molecular flexibility index (Phi) is 5.44. The van der Waals surface area contributed by atoms with Gasteiger partial charge in [-0.2, -0.15) is 0 Å². The monoisotopic (exact) mass is 306 g/mol. The van der Waals surface area contributed by atoms with Crippen molar-refractivity contribution in [3.63, 3.8) is 0 Å². The highest BCUT2D eigenvalue weighted by molar-refractivity contribution is 6.30. The molecule has 4 nitrogen and oxygen atoms in total. The Morgan fingerprint density at radius 2 is 1.95 bits per heavy atom. The van der Waals surface area contributed by atoms with Crippen LogP contribution >= 0.6 is 11.6 Å². The standard InChI is InChI=1S/C16H19ClN2O2/c1-20-13-6-7-14(16(10-13)21-2)15(19-18)9-11-4-3-5-12(17)8-11/h3-8,10,15,19H,9,18H2,1-2H3. The summed E-state index contributed by atoms with van der Waals surface area (Å²) in [7, 11) is 3.25. The normalized spacial score (nSPS) is 12.0. The molecule has 0 fully saturated rings. The fourth-order valence-corrected chi connectivity index (χ4v) is 2.48. The van der Waals surface area contributed by atoms with Crippen LogP contribution in [0.4, 0.5) is 0 Å². The Balaban J connectivity index is 2.28. The third kappa shape index (κ3) is 3.88. The summed E-state index contributed by atoms with van der Waals surface area (Å²) in [5, 5.41) is 0.713. The van der Waals surface area contributed by atoms with E-state index in [2.05, 4.69) is 5.43 Å². The number of nitrogens with one attached hydrogen (secondary N) is 1. The Labute approximate surface area is 129 Å². The average Bonchev–Trinajstić information content (AvgIpc) is 2.52. The second-order valence-corrected chi connectivity index (χ2v) is 5.10. The van der Waals surface area contributed by atoms with E-state index in [9.17, 15) is 0 Å². The number of hydrogen-bond acceptors (Lipinski definition) is 4. The second kappa shape index (κ2) is 7.31. The predicted molar refractivity (Wildman–Crippen MR) is 84.8 cm³/mol. The zero-order chi connectivity index (χ0) is 15.2. The van der Waals surface area contributed by atoms with Crippen LogP contribution in [0.5, 0.6) is 11.5 Å². The van der Waals surface area contributed by atoms with Gasteiger partial charge in [0.25, 0.3) is 0 Å². The lowest BCUT2D eigenvalue weighted by atomic mass is 9.98. The van der Waals surface area contributed by atoms with Gasteiger partial charge in [0.15, 0.2) is 0 Å². The number of rotatable bonds is 6. The Hall–Kier alpha value is -1.75. The first-order valence-corrected chi connectivity index (χ1v) is 6.98. The first kappa shape index (κ1) is 15.6. The van der Waals surface area contributed by atoms with Crippen LogP contribution in [0.1, 0.15) is 17.2 Å². The summed E-state index contributed by atoms with van der Waals surface area (Å²) in [6, 6.07) is 13.3. The third-order valence-electron chi connectivity index (χ3n) is 3.35. The zero-order valence-electron chi connectivity index (χ0n) is 12.1. The molecule has 0 aliphatic heterocycles. The van der Waals surface area contributed by atoms with Crippen LogP contribution < -0.4 is 20.7 Å². The van der Waals surface area contributed by atoms with Gasteiger partial charge in [0.1, 0.15) is 11.5 Å². The molecular formula is C16H19ClN2O2. The summed E-state index contributed by atoms with van der Waals surface area (Å²) < 4.78 is 10.6. The third-order valence-corrected chi connectivity index (χ3v) is 3.58. The number of hydrogen-bond donors (Lipinski definition) is 2. The number of halogens is 1. The number of benzene rings is 2. The molecule has 0 aromatic heterocycles. The van der Waals surface area contributed by atoms with Crippen LogP contribution in [0.15, 0.2) is 42.5 Å². The SMILES string of the molecule is COc1ccc(C(Cc2cccc(Cl)c2)NN)c(OC)c1. The molecule has 1 unspecified atom stereocenters. The summed E-state index contributed by atoms with van der Waals surface area (Å²) in [6.45, 7) is 0. The van der Waals surface area contributed by atoms with E-state index in [0.717, 1.165) is 22.6 Å². The van der Waals surface area contributed by atoms with Gasteiger partial charge < -0.3 is 9.47 Å². The van der Waals surface area contributed by atoms with Gasteiger partial charge in [-0.1, -0.05) is 29.8 Å². The zero-order valence-corrected chi connectivity index (χ0v) is 12.9. The Morgan fingerprint density at radius 3 is 2.57 bits per heavy atom. The highest BCUT2D eigenvalue weighted by Gasteiger charge is 2.16. The van der Waals surface area contributed by atoms with Gasteiger partial charge in [-0.25, -0.2) is 0 Å². The van der Waals surface area contributed by atoms with Gasteiger partial charge in [-0.05, 0) is 30.2 Å². The van der Waals surface area contributed by atoms with Gasteiger partial charge in [0.05, 0.1) is 20.3 Å². The van der Waals surface area contributed by atoms with E-state index in [0.29, 0.717) is 11.4 Å². The van der Waals surface area contributed by atoms with Crippen molar-refractivity contribution in [1.82, 2.24) is 5.43 Å². The maximum Gasteiger partial charge on any atom is 0.127 e. The average molecular weight is 307 g/mol. The van der Waals surface area contributed by atoms with Crippen molar-refractivity contribution in [3.05, 3.63) is 58.6 Å². The molecule has 2 aromatic rings. The molecule has 112 valence electrons. The van der Waals surface area contributed by atoms with E-state index < -0.39 is 0 Å². The van der Waals surface area contributed by atoms with E-state index >= 15 is 0 Å². The van der Waals surface area contributed by atoms with Crippen molar-refractivity contribution >= 4 is 11.6 Å². The van der Waals surface area contributed by atoms with Crippen LogP contribution in [0.3, 0.4) is 0 Å². The number of nitrogens with two attached hydrogens (primary N) is 1. The van der Waals surface area contributed by atoms with Gasteiger partial charge in [-0.3, -0.25) is 11.3 Å². The quantitative estimate of drug-likeness (QED) is 0.636. The fraction of sp³-hybridized carbons (Fsp3) is 0.250. The van der Waals surface area contributed by atoms with Crippen LogP contribution in [0.2, 0.25) is 5.02 Å². The number of hydrazine groups is 1. The summed E-state index contributed by atoms with van der Waals surface area (Å²) in [5.74, 6) is 7.20. The van der Waals surface area contributed by atoms with Gasteiger partial charge in [0, 0.05) is 16.7 Å². The van der Waals surface area contributed by atoms with Crippen LogP contribution in [0.25, 0.3) is 0 Å².